The SMILES string of the molecule is CCCCC/C=C\C/C=C\C/C=C\CCCCCCCCC(=O)OC[C@@H](COC(=O)CCCCCCCCC/C=C\CCCCCCCCCC)OC(=O)CCCCCCCC/C=C\C/C=C\C/C=C\CCCCC. The van der Waals surface area contributed by atoms with Crippen LogP contribution in [0, 0.1) is 0 Å². The molecular weight excluding hydrogens is 925 g/mol. The average Bonchev–Trinajstić information content (AvgIpc) is 3.41. The van der Waals surface area contributed by atoms with Crippen LogP contribution in [0.3, 0.4) is 0 Å². The van der Waals surface area contributed by atoms with Crippen molar-refractivity contribution in [1.82, 2.24) is 0 Å². The van der Waals surface area contributed by atoms with Crippen LogP contribution < -0.4 is 0 Å². The molecule has 0 spiro atoms. The second-order valence-corrected chi connectivity index (χ2v) is 21.3. The van der Waals surface area contributed by atoms with Crippen LogP contribution >= 0.6 is 0 Å². The van der Waals surface area contributed by atoms with Gasteiger partial charge in [0.2, 0.25) is 0 Å². The molecule has 432 valence electrons. The van der Waals surface area contributed by atoms with E-state index in [-0.39, 0.29) is 31.1 Å². The standard InChI is InChI=1S/C69H120O6/c1-4-7-10-13-16-19-22-25-28-31-34-37-40-43-46-49-52-55-58-61-67(70)73-64-66(75-69(72)63-60-57-54-51-48-45-42-39-36-33-30-27-24-21-18-15-12-9-6-3)65-74-68(71)62-59-56-53-50-47-44-41-38-35-32-29-26-23-20-17-14-11-8-5-2/h16,18-19,21,25,27-28,30,32,34-37,39,66H,4-15,17,20,22-24,26,29,31,33,38,40-65H2,1-3H3/b19-16-,21-18-,28-25-,30-27-,35-32-,37-34-,39-36-/t66-/m0/s1. The van der Waals surface area contributed by atoms with Gasteiger partial charge in [-0.1, -0.05) is 260 Å². The highest BCUT2D eigenvalue weighted by atomic mass is 16.6. The molecule has 0 saturated heterocycles. The quantitative estimate of drug-likeness (QED) is 0.0261. The first-order valence-electron chi connectivity index (χ1n) is 32.1. The fourth-order valence-electron chi connectivity index (χ4n) is 8.98. The van der Waals surface area contributed by atoms with Gasteiger partial charge in [-0.15, -0.1) is 0 Å². The summed E-state index contributed by atoms with van der Waals surface area (Å²) in [6.45, 7) is 6.59. The predicted molar refractivity (Wildman–Crippen MR) is 325 cm³/mol. The number of ether oxygens (including phenoxy) is 3. The summed E-state index contributed by atoms with van der Waals surface area (Å²) < 4.78 is 16.9. The van der Waals surface area contributed by atoms with Crippen LogP contribution in [-0.2, 0) is 28.6 Å². The van der Waals surface area contributed by atoms with E-state index in [2.05, 4.69) is 106 Å². The molecule has 0 aliphatic heterocycles. The molecule has 1 atom stereocenters. The number of esters is 3. The first-order chi connectivity index (χ1) is 37.0. The zero-order valence-corrected chi connectivity index (χ0v) is 49.6. The maximum Gasteiger partial charge on any atom is 0.306 e. The van der Waals surface area contributed by atoms with Crippen molar-refractivity contribution in [2.24, 2.45) is 0 Å². The van der Waals surface area contributed by atoms with E-state index in [4.69, 9.17) is 14.2 Å². The molecule has 0 heterocycles. The van der Waals surface area contributed by atoms with Crippen molar-refractivity contribution in [3.63, 3.8) is 0 Å². The number of unbranched alkanes of at least 4 members (excludes halogenated alkanes) is 33. The third kappa shape index (κ3) is 61.3. The van der Waals surface area contributed by atoms with E-state index in [1.165, 1.54) is 173 Å². The number of carbonyl (C=O) groups is 3. The number of hydrogen-bond donors (Lipinski definition) is 0. The van der Waals surface area contributed by atoms with Crippen LogP contribution in [0.4, 0.5) is 0 Å². The fraction of sp³-hybridized carbons (Fsp3) is 0.754. The van der Waals surface area contributed by atoms with Gasteiger partial charge in [0.1, 0.15) is 13.2 Å². The summed E-state index contributed by atoms with van der Waals surface area (Å²) in [4.78, 5) is 38.3. The molecule has 0 N–H and O–H groups in total. The zero-order valence-electron chi connectivity index (χ0n) is 49.6. The van der Waals surface area contributed by atoms with Crippen molar-refractivity contribution >= 4 is 17.9 Å². The Hall–Kier alpha value is -3.41. The summed E-state index contributed by atoms with van der Waals surface area (Å²) in [5.74, 6) is -0.906. The van der Waals surface area contributed by atoms with Crippen LogP contribution in [0.1, 0.15) is 316 Å². The smallest absolute Gasteiger partial charge is 0.306 e. The Morgan fingerprint density at radius 2 is 0.480 bits per heavy atom. The van der Waals surface area contributed by atoms with Gasteiger partial charge in [0, 0.05) is 19.3 Å². The van der Waals surface area contributed by atoms with E-state index in [0.29, 0.717) is 19.3 Å². The van der Waals surface area contributed by atoms with Crippen LogP contribution in [0.2, 0.25) is 0 Å². The van der Waals surface area contributed by atoms with Crippen molar-refractivity contribution in [1.29, 1.82) is 0 Å². The Labute approximate surface area is 465 Å². The lowest BCUT2D eigenvalue weighted by Crippen LogP contribution is -2.30. The molecule has 0 bridgehead atoms. The van der Waals surface area contributed by atoms with Crippen LogP contribution in [0.15, 0.2) is 85.1 Å². The van der Waals surface area contributed by atoms with Gasteiger partial charge >= 0.3 is 17.9 Å². The molecule has 0 saturated carbocycles. The maximum atomic E-state index is 12.9. The summed E-state index contributed by atoms with van der Waals surface area (Å²) >= 11 is 0. The summed E-state index contributed by atoms with van der Waals surface area (Å²) in [5, 5.41) is 0. The third-order valence-corrected chi connectivity index (χ3v) is 13.8. The van der Waals surface area contributed by atoms with Gasteiger partial charge < -0.3 is 14.2 Å². The van der Waals surface area contributed by atoms with Crippen LogP contribution in [-0.4, -0.2) is 37.2 Å². The molecule has 75 heavy (non-hydrogen) atoms. The van der Waals surface area contributed by atoms with Crippen molar-refractivity contribution < 1.29 is 28.6 Å². The van der Waals surface area contributed by atoms with Gasteiger partial charge in [0.05, 0.1) is 0 Å². The predicted octanol–water partition coefficient (Wildman–Crippen LogP) is 21.9. The summed E-state index contributed by atoms with van der Waals surface area (Å²) in [7, 11) is 0. The Morgan fingerprint density at radius 1 is 0.267 bits per heavy atom. The van der Waals surface area contributed by atoms with Gasteiger partial charge in [-0.05, 0) is 122 Å². The van der Waals surface area contributed by atoms with Gasteiger partial charge in [-0.25, -0.2) is 0 Å². The lowest BCUT2D eigenvalue weighted by Gasteiger charge is -2.18. The topological polar surface area (TPSA) is 78.9 Å². The van der Waals surface area contributed by atoms with E-state index in [1.54, 1.807) is 0 Å². The Morgan fingerprint density at radius 3 is 0.787 bits per heavy atom. The maximum absolute atomic E-state index is 12.9. The molecule has 0 aromatic heterocycles. The zero-order chi connectivity index (χ0) is 54.3. The van der Waals surface area contributed by atoms with Crippen LogP contribution in [0.5, 0.6) is 0 Å². The molecule has 0 aromatic rings. The molecule has 0 fully saturated rings. The molecule has 0 aromatic carbocycles. The van der Waals surface area contributed by atoms with Crippen molar-refractivity contribution in [3.8, 4) is 0 Å². The fourth-order valence-corrected chi connectivity index (χ4v) is 8.98. The molecule has 0 rings (SSSR count). The summed E-state index contributed by atoms with van der Waals surface area (Å²) in [6, 6.07) is 0. The molecular formula is C69H120O6. The first kappa shape index (κ1) is 71.6. The first-order valence-corrected chi connectivity index (χ1v) is 32.1. The number of allylic oxidation sites excluding steroid dienone is 14. The third-order valence-electron chi connectivity index (χ3n) is 13.8. The Balaban J connectivity index is 4.44. The van der Waals surface area contributed by atoms with E-state index < -0.39 is 6.10 Å². The van der Waals surface area contributed by atoms with Gasteiger partial charge in [0.25, 0.3) is 0 Å². The van der Waals surface area contributed by atoms with Gasteiger partial charge in [-0.2, -0.15) is 0 Å². The van der Waals surface area contributed by atoms with E-state index in [9.17, 15) is 14.4 Å². The molecule has 0 aliphatic carbocycles. The Bertz CT molecular complexity index is 1430. The van der Waals surface area contributed by atoms with Gasteiger partial charge in [-0.3, -0.25) is 14.4 Å². The molecule has 0 radical (unpaired) electrons. The second kappa shape index (κ2) is 63.1. The average molecular weight is 1050 g/mol. The Kier molecular flexibility index (Phi) is 60.3. The lowest BCUT2D eigenvalue weighted by atomic mass is 10.1. The molecule has 6 heteroatoms. The number of carbonyl (C=O) groups excluding carboxylic acids is 3. The number of hydrogen-bond acceptors (Lipinski definition) is 6. The number of rotatable bonds is 58. The molecule has 0 aliphatic rings. The normalized spacial score (nSPS) is 12.6. The van der Waals surface area contributed by atoms with E-state index in [1.807, 2.05) is 0 Å². The molecule has 0 unspecified atom stereocenters. The van der Waals surface area contributed by atoms with Crippen molar-refractivity contribution in [2.45, 2.75) is 322 Å². The minimum absolute atomic E-state index is 0.0879. The van der Waals surface area contributed by atoms with Crippen molar-refractivity contribution in [2.75, 3.05) is 13.2 Å². The summed E-state index contributed by atoms with van der Waals surface area (Å²) in [5.41, 5.74) is 0. The highest BCUT2D eigenvalue weighted by Crippen LogP contribution is 2.15. The minimum atomic E-state index is -0.793. The lowest BCUT2D eigenvalue weighted by molar-refractivity contribution is -0.167. The van der Waals surface area contributed by atoms with E-state index >= 15 is 0 Å². The second-order valence-electron chi connectivity index (χ2n) is 21.3. The summed E-state index contributed by atoms with van der Waals surface area (Å²) in [6.07, 6.45) is 82.9. The minimum Gasteiger partial charge on any atom is -0.462 e. The largest absolute Gasteiger partial charge is 0.462 e. The van der Waals surface area contributed by atoms with Crippen molar-refractivity contribution in [3.05, 3.63) is 85.1 Å². The highest BCUT2D eigenvalue weighted by molar-refractivity contribution is 5.71. The molecule has 0 amide bonds. The highest BCUT2D eigenvalue weighted by Gasteiger charge is 2.19. The van der Waals surface area contributed by atoms with Gasteiger partial charge in [0.15, 0.2) is 6.10 Å². The van der Waals surface area contributed by atoms with E-state index in [0.717, 1.165) is 103 Å². The van der Waals surface area contributed by atoms with Crippen LogP contribution in [0.25, 0.3) is 0 Å². The monoisotopic (exact) mass is 1040 g/mol. The molecule has 6 nitrogen and oxygen atoms in total.